The largest absolute Gasteiger partial charge is 0.481 e. The molecule has 0 rings (SSSR count). The number of carboxylic acids is 1. The molecule has 106 valence electrons. The Bertz CT molecular complexity index is 260. The van der Waals surface area contributed by atoms with E-state index in [9.17, 15) is 9.59 Å². The Balaban J connectivity index is 4.42. The molecule has 0 bridgehead atoms. The first-order valence-electron chi connectivity index (χ1n) is 6.90. The van der Waals surface area contributed by atoms with Gasteiger partial charge >= 0.3 is 5.97 Å². The van der Waals surface area contributed by atoms with Crippen molar-refractivity contribution in [2.75, 3.05) is 13.1 Å². The zero-order chi connectivity index (χ0) is 14.1. The fourth-order valence-corrected chi connectivity index (χ4v) is 1.94. The molecule has 1 amide bonds. The lowest BCUT2D eigenvalue weighted by Gasteiger charge is -2.25. The van der Waals surface area contributed by atoms with Gasteiger partial charge in [0.2, 0.25) is 5.91 Å². The first kappa shape index (κ1) is 16.9. The van der Waals surface area contributed by atoms with Gasteiger partial charge in [-0.05, 0) is 11.8 Å². The average molecular weight is 257 g/mol. The third kappa shape index (κ3) is 7.30. The van der Waals surface area contributed by atoms with Crippen LogP contribution >= 0.6 is 0 Å². The number of hydrogen-bond donors (Lipinski definition) is 1. The summed E-state index contributed by atoms with van der Waals surface area (Å²) in [6, 6.07) is 0. The summed E-state index contributed by atoms with van der Waals surface area (Å²) in [5.74, 6) is 0.0270. The van der Waals surface area contributed by atoms with Crippen LogP contribution in [-0.4, -0.2) is 35.0 Å². The lowest BCUT2D eigenvalue weighted by molar-refractivity contribution is -0.139. The molecule has 0 aromatic carbocycles. The molecule has 0 saturated carbocycles. The number of carboxylic acid groups (broad SMARTS) is 1. The molecule has 0 atom stereocenters. The summed E-state index contributed by atoms with van der Waals surface area (Å²) >= 11 is 0. The highest BCUT2D eigenvalue weighted by atomic mass is 16.4. The molecule has 0 aliphatic heterocycles. The zero-order valence-electron chi connectivity index (χ0n) is 12.1. The molecule has 0 aromatic rings. The van der Waals surface area contributed by atoms with Gasteiger partial charge in [-0.2, -0.15) is 0 Å². The van der Waals surface area contributed by atoms with Gasteiger partial charge in [0.15, 0.2) is 0 Å². The zero-order valence-corrected chi connectivity index (χ0v) is 12.1. The Morgan fingerprint density at radius 3 is 2.11 bits per heavy atom. The lowest BCUT2D eigenvalue weighted by atomic mass is 9.98. The summed E-state index contributed by atoms with van der Waals surface area (Å²) in [5.41, 5.74) is 0. The minimum Gasteiger partial charge on any atom is -0.481 e. The van der Waals surface area contributed by atoms with Crippen LogP contribution in [0.1, 0.15) is 53.4 Å². The van der Waals surface area contributed by atoms with Crippen molar-refractivity contribution in [3.63, 3.8) is 0 Å². The fraction of sp³-hybridized carbons (Fsp3) is 0.857. The molecule has 0 radical (unpaired) electrons. The van der Waals surface area contributed by atoms with Gasteiger partial charge in [0.05, 0.1) is 6.42 Å². The second-order valence-corrected chi connectivity index (χ2v) is 5.26. The molecule has 4 heteroatoms. The Morgan fingerprint density at radius 1 is 1.17 bits per heavy atom. The van der Waals surface area contributed by atoms with Crippen molar-refractivity contribution in [3.05, 3.63) is 0 Å². The Labute approximate surface area is 110 Å². The number of aliphatic carboxylic acids is 1. The second kappa shape index (κ2) is 8.95. The highest BCUT2D eigenvalue weighted by Crippen LogP contribution is 2.15. The standard InChI is InChI=1S/C14H27NO3/c1-5-12(6-2)9-13(16)15(10-11(3)4)8-7-14(17)18/h11-12H,5-10H2,1-4H3,(H,17,18). The van der Waals surface area contributed by atoms with Gasteiger partial charge in [0.25, 0.3) is 0 Å². The predicted octanol–water partition coefficient (Wildman–Crippen LogP) is 2.77. The minimum absolute atomic E-state index is 0.0291. The van der Waals surface area contributed by atoms with E-state index in [2.05, 4.69) is 13.8 Å². The molecule has 1 N–H and O–H groups in total. The van der Waals surface area contributed by atoms with Crippen LogP contribution in [0, 0.1) is 11.8 Å². The van der Waals surface area contributed by atoms with Gasteiger partial charge in [0.1, 0.15) is 0 Å². The fourth-order valence-electron chi connectivity index (χ4n) is 1.94. The first-order valence-corrected chi connectivity index (χ1v) is 6.90. The van der Waals surface area contributed by atoms with Gasteiger partial charge in [0, 0.05) is 19.5 Å². The Morgan fingerprint density at radius 2 is 1.72 bits per heavy atom. The molecule has 0 heterocycles. The van der Waals surface area contributed by atoms with Crippen LogP contribution < -0.4 is 0 Å². The van der Waals surface area contributed by atoms with E-state index >= 15 is 0 Å². The molecule has 0 aliphatic rings. The van der Waals surface area contributed by atoms with Crippen molar-refractivity contribution in [1.29, 1.82) is 0 Å². The van der Waals surface area contributed by atoms with Crippen molar-refractivity contribution < 1.29 is 14.7 Å². The van der Waals surface area contributed by atoms with Gasteiger partial charge in [-0.15, -0.1) is 0 Å². The maximum absolute atomic E-state index is 12.2. The molecular formula is C14H27NO3. The third-order valence-electron chi connectivity index (χ3n) is 3.15. The number of nitrogens with zero attached hydrogens (tertiary/aromatic N) is 1. The smallest absolute Gasteiger partial charge is 0.305 e. The van der Waals surface area contributed by atoms with Crippen LogP contribution in [0.3, 0.4) is 0 Å². The van der Waals surface area contributed by atoms with Crippen LogP contribution in [-0.2, 0) is 9.59 Å². The van der Waals surface area contributed by atoms with E-state index in [1.54, 1.807) is 4.90 Å². The Hall–Kier alpha value is -1.06. The van der Waals surface area contributed by atoms with E-state index in [4.69, 9.17) is 5.11 Å². The summed E-state index contributed by atoms with van der Waals surface area (Å²) in [6.07, 6.45) is 2.56. The Kier molecular flexibility index (Phi) is 8.42. The van der Waals surface area contributed by atoms with Gasteiger partial charge < -0.3 is 10.0 Å². The van der Waals surface area contributed by atoms with Crippen LogP contribution in [0.25, 0.3) is 0 Å². The van der Waals surface area contributed by atoms with E-state index in [-0.39, 0.29) is 12.3 Å². The van der Waals surface area contributed by atoms with Crippen molar-refractivity contribution in [1.82, 2.24) is 4.90 Å². The molecule has 0 saturated heterocycles. The summed E-state index contributed by atoms with van der Waals surface area (Å²) in [6.45, 7) is 9.23. The molecular weight excluding hydrogens is 230 g/mol. The number of hydrogen-bond acceptors (Lipinski definition) is 2. The maximum atomic E-state index is 12.2. The topological polar surface area (TPSA) is 57.6 Å². The van der Waals surface area contributed by atoms with Crippen molar-refractivity contribution in [3.8, 4) is 0 Å². The summed E-state index contributed by atoms with van der Waals surface area (Å²) in [4.78, 5) is 24.5. The van der Waals surface area contributed by atoms with Gasteiger partial charge in [-0.3, -0.25) is 9.59 Å². The van der Waals surface area contributed by atoms with E-state index < -0.39 is 5.97 Å². The average Bonchev–Trinajstić information content (AvgIpc) is 2.30. The molecule has 0 aromatic heterocycles. The van der Waals surface area contributed by atoms with Gasteiger partial charge in [-0.25, -0.2) is 0 Å². The molecule has 4 nitrogen and oxygen atoms in total. The third-order valence-corrected chi connectivity index (χ3v) is 3.15. The predicted molar refractivity (Wildman–Crippen MR) is 72.4 cm³/mol. The second-order valence-electron chi connectivity index (χ2n) is 5.26. The number of amides is 1. The quantitative estimate of drug-likeness (QED) is 0.691. The van der Waals surface area contributed by atoms with Gasteiger partial charge in [-0.1, -0.05) is 40.5 Å². The van der Waals surface area contributed by atoms with E-state index in [0.717, 1.165) is 12.8 Å². The highest BCUT2D eigenvalue weighted by molar-refractivity contribution is 5.77. The number of rotatable bonds is 9. The van der Waals surface area contributed by atoms with Crippen LogP contribution in [0.5, 0.6) is 0 Å². The number of carbonyl (C=O) groups is 2. The van der Waals surface area contributed by atoms with Crippen LogP contribution in [0.2, 0.25) is 0 Å². The summed E-state index contributed by atoms with van der Waals surface area (Å²) in [7, 11) is 0. The number of carbonyl (C=O) groups excluding carboxylic acids is 1. The monoisotopic (exact) mass is 257 g/mol. The lowest BCUT2D eigenvalue weighted by Crippen LogP contribution is -2.36. The minimum atomic E-state index is -0.848. The highest BCUT2D eigenvalue weighted by Gasteiger charge is 2.18. The van der Waals surface area contributed by atoms with E-state index in [0.29, 0.717) is 31.3 Å². The summed E-state index contributed by atoms with van der Waals surface area (Å²) in [5, 5.41) is 8.71. The molecule has 0 unspecified atom stereocenters. The molecule has 0 fully saturated rings. The normalized spacial score (nSPS) is 11.0. The van der Waals surface area contributed by atoms with E-state index in [1.807, 2.05) is 13.8 Å². The van der Waals surface area contributed by atoms with Crippen molar-refractivity contribution in [2.24, 2.45) is 11.8 Å². The van der Waals surface area contributed by atoms with Crippen molar-refractivity contribution in [2.45, 2.75) is 53.4 Å². The van der Waals surface area contributed by atoms with E-state index in [1.165, 1.54) is 0 Å². The van der Waals surface area contributed by atoms with Crippen LogP contribution in [0.4, 0.5) is 0 Å². The molecule has 18 heavy (non-hydrogen) atoms. The SMILES string of the molecule is CCC(CC)CC(=O)N(CCC(=O)O)CC(C)C. The maximum Gasteiger partial charge on any atom is 0.305 e. The molecule has 0 aliphatic carbocycles. The van der Waals surface area contributed by atoms with Crippen LogP contribution in [0.15, 0.2) is 0 Å². The summed E-state index contributed by atoms with van der Waals surface area (Å²) < 4.78 is 0. The van der Waals surface area contributed by atoms with Crippen molar-refractivity contribution >= 4 is 11.9 Å². The molecule has 0 spiro atoms. The first-order chi connectivity index (χ1) is 8.40.